The molecule has 32 heavy (non-hydrogen) atoms. The molecule has 3 atom stereocenters. The van der Waals surface area contributed by atoms with Crippen LogP contribution in [0.2, 0.25) is 0 Å². The first-order valence-electron chi connectivity index (χ1n) is 10.8. The first-order valence-corrected chi connectivity index (χ1v) is 11.6. The van der Waals surface area contributed by atoms with Gasteiger partial charge in [-0.2, -0.15) is 0 Å². The van der Waals surface area contributed by atoms with Gasteiger partial charge in [0.05, 0.1) is 18.4 Å². The highest BCUT2D eigenvalue weighted by Gasteiger charge is 2.45. The number of hydrogen-bond acceptors (Lipinski definition) is 6. The van der Waals surface area contributed by atoms with Gasteiger partial charge in [0.2, 0.25) is 0 Å². The number of fused-ring (bicyclic) bond motifs is 3. The molecule has 3 N–H and O–H groups in total. The van der Waals surface area contributed by atoms with Crippen LogP contribution in [0.1, 0.15) is 40.2 Å². The molecule has 6 nitrogen and oxygen atoms in total. The highest BCUT2D eigenvalue weighted by molar-refractivity contribution is 8.00. The van der Waals surface area contributed by atoms with Crippen molar-refractivity contribution < 1.29 is 24.1 Å². The maximum absolute atomic E-state index is 13.9. The van der Waals surface area contributed by atoms with Gasteiger partial charge in [0.25, 0.3) is 0 Å². The lowest BCUT2D eigenvalue weighted by atomic mass is 10.0. The Bertz CT molecular complexity index is 1080. The SMILES string of the molecule is O=C(O)c1c(NSc2ccc(F)cc2/C=C\CN2CCC(O)C2)ccc2c1OCC1CC21. The van der Waals surface area contributed by atoms with Crippen molar-refractivity contribution in [1.82, 2.24) is 4.90 Å². The summed E-state index contributed by atoms with van der Waals surface area (Å²) in [6, 6.07) is 8.26. The van der Waals surface area contributed by atoms with Crippen molar-refractivity contribution in [2.75, 3.05) is 31.0 Å². The summed E-state index contributed by atoms with van der Waals surface area (Å²) in [5.74, 6) is 0.0155. The van der Waals surface area contributed by atoms with Crippen LogP contribution in [0.25, 0.3) is 6.08 Å². The highest BCUT2D eigenvalue weighted by atomic mass is 32.2. The summed E-state index contributed by atoms with van der Waals surface area (Å²) in [4.78, 5) is 14.9. The summed E-state index contributed by atoms with van der Waals surface area (Å²) in [6.07, 6.45) is 5.37. The number of aliphatic hydroxyl groups is 1. The number of nitrogens with zero attached hydrogens (tertiary/aromatic N) is 1. The minimum Gasteiger partial charge on any atom is -0.492 e. The van der Waals surface area contributed by atoms with Gasteiger partial charge in [0.15, 0.2) is 0 Å². The van der Waals surface area contributed by atoms with E-state index in [4.69, 9.17) is 4.74 Å². The van der Waals surface area contributed by atoms with E-state index >= 15 is 0 Å². The molecule has 2 aliphatic heterocycles. The maximum Gasteiger partial charge on any atom is 0.341 e. The van der Waals surface area contributed by atoms with Gasteiger partial charge < -0.3 is 19.7 Å². The molecule has 0 radical (unpaired) electrons. The number of carboxylic acids is 1. The van der Waals surface area contributed by atoms with Gasteiger partial charge in [-0.05, 0) is 66.1 Å². The summed E-state index contributed by atoms with van der Waals surface area (Å²) in [6.45, 7) is 2.74. The molecule has 2 aromatic rings. The number of carboxylic acid groups (broad SMARTS) is 1. The number of ether oxygens (including phenoxy) is 1. The molecule has 0 amide bonds. The van der Waals surface area contributed by atoms with Crippen LogP contribution in [0.3, 0.4) is 0 Å². The summed E-state index contributed by atoms with van der Waals surface area (Å²) in [5.41, 5.74) is 2.29. The van der Waals surface area contributed by atoms with Gasteiger partial charge in [0, 0.05) is 30.4 Å². The second-order valence-electron chi connectivity index (χ2n) is 8.62. The number of hydrogen-bond donors (Lipinski definition) is 3. The van der Waals surface area contributed by atoms with Gasteiger partial charge in [-0.15, -0.1) is 0 Å². The average Bonchev–Trinajstić information content (AvgIpc) is 3.46. The van der Waals surface area contributed by atoms with E-state index in [1.165, 1.54) is 24.1 Å². The van der Waals surface area contributed by atoms with Crippen molar-refractivity contribution >= 4 is 29.7 Å². The van der Waals surface area contributed by atoms with Crippen LogP contribution in [0, 0.1) is 11.7 Å². The Morgan fingerprint density at radius 2 is 2.22 bits per heavy atom. The van der Waals surface area contributed by atoms with Gasteiger partial charge in [-0.25, -0.2) is 9.18 Å². The molecule has 0 spiro atoms. The number of anilines is 1. The molecule has 1 aliphatic carbocycles. The molecule has 0 bridgehead atoms. The van der Waals surface area contributed by atoms with Crippen molar-refractivity contribution in [3.8, 4) is 5.75 Å². The second-order valence-corrected chi connectivity index (χ2v) is 9.46. The number of halogens is 1. The molecule has 1 saturated carbocycles. The van der Waals surface area contributed by atoms with Gasteiger partial charge >= 0.3 is 5.97 Å². The standard InChI is InChI=1S/C24H25FN2O4S/c25-16-3-6-21(14(10-16)2-1-8-27-9-7-17(28)12-27)32-26-20-5-4-18-19-11-15(19)13-31-23(18)22(20)24(29)30/h1-6,10,15,17,19,26,28H,7-9,11-13H2,(H,29,30)/b2-1-. The maximum atomic E-state index is 13.9. The quantitative estimate of drug-likeness (QED) is 0.538. The topological polar surface area (TPSA) is 82.0 Å². The van der Waals surface area contributed by atoms with Crippen molar-refractivity contribution in [1.29, 1.82) is 0 Å². The largest absolute Gasteiger partial charge is 0.492 e. The zero-order valence-electron chi connectivity index (χ0n) is 17.5. The number of rotatable bonds is 7. The fraction of sp³-hybridized carbons (Fsp3) is 0.375. The van der Waals surface area contributed by atoms with Crippen LogP contribution in [-0.4, -0.2) is 53.4 Å². The molecule has 3 unspecified atom stereocenters. The van der Waals surface area contributed by atoms with Crippen molar-refractivity contribution in [2.24, 2.45) is 5.92 Å². The van der Waals surface area contributed by atoms with Crippen LogP contribution >= 0.6 is 11.9 Å². The molecular weight excluding hydrogens is 431 g/mol. The zero-order valence-corrected chi connectivity index (χ0v) is 18.3. The number of nitrogens with one attached hydrogen (secondary N) is 1. The van der Waals surface area contributed by atoms with E-state index in [2.05, 4.69) is 9.62 Å². The average molecular weight is 457 g/mol. The lowest BCUT2D eigenvalue weighted by molar-refractivity contribution is 0.0692. The number of likely N-dealkylation sites (tertiary alicyclic amines) is 1. The third kappa shape index (κ3) is 4.35. The second kappa shape index (κ2) is 8.77. The predicted octanol–water partition coefficient (Wildman–Crippen LogP) is 4.22. The third-order valence-electron chi connectivity index (χ3n) is 6.32. The van der Waals surface area contributed by atoms with Gasteiger partial charge in [-0.1, -0.05) is 18.2 Å². The number of β-amino-alcohol motifs (C(OH)–C–C–N with tert-alkyl or cyclic N) is 1. The van der Waals surface area contributed by atoms with Gasteiger partial charge in [0.1, 0.15) is 17.1 Å². The van der Waals surface area contributed by atoms with E-state index in [0.717, 1.165) is 29.8 Å². The zero-order chi connectivity index (χ0) is 22.2. The molecular formula is C24H25FN2O4S. The van der Waals surface area contributed by atoms with Crippen molar-refractivity contribution in [2.45, 2.75) is 29.8 Å². The summed E-state index contributed by atoms with van der Waals surface area (Å²) < 4.78 is 22.8. The molecule has 168 valence electrons. The molecule has 3 aliphatic rings. The number of aliphatic hydroxyl groups excluding tert-OH is 1. The molecule has 5 rings (SSSR count). The molecule has 2 aromatic carbocycles. The van der Waals surface area contributed by atoms with Crippen LogP contribution in [-0.2, 0) is 0 Å². The highest BCUT2D eigenvalue weighted by Crippen LogP contribution is 2.55. The van der Waals surface area contributed by atoms with E-state index in [1.807, 2.05) is 18.2 Å². The Labute approximate surface area is 190 Å². The Hall–Kier alpha value is -2.55. The van der Waals surface area contributed by atoms with E-state index in [9.17, 15) is 19.4 Å². The van der Waals surface area contributed by atoms with Gasteiger partial charge in [-0.3, -0.25) is 4.90 Å². The summed E-state index contributed by atoms with van der Waals surface area (Å²) >= 11 is 1.24. The summed E-state index contributed by atoms with van der Waals surface area (Å²) in [5, 5.41) is 19.5. The number of benzene rings is 2. The van der Waals surface area contributed by atoms with Crippen molar-refractivity contribution in [3.63, 3.8) is 0 Å². The molecule has 0 aromatic heterocycles. The Morgan fingerprint density at radius 1 is 1.34 bits per heavy atom. The molecule has 2 heterocycles. The van der Waals surface area contributed by atoms with E-state index in [1.54, 1.807) is 12.1 Å². The molecule has 1 saturated heterocycles. The van der Waals surface area contributed by atoms with Crippen LogP contribution in [0.15, 0.2) is 41.3 Å². The lowest BCUT2D eigenvalue weighted by Crippen LogP contribution is -2.21. The Kier molecular flexibility index (Phi) is 5.84. The predicted molar refractivity (Wildman–Crippen MR) is 122 cm³/mol. The minimum atomic E-state index is -1.03. The monoisotopic (exact) mass is 456 g/mol. The van der Waals surface area contributed by atoms with Crippen molar-refractivity contribution in [3.05, 3.63) is 58.9 Å². The van der Waals surface area contributed by atoms with Crippen LogP contribution in [0.4, 0.5) is 10.1 Å². The number of aromatic carboxylic acids is 1. The lowest BCUT2D eigenvalue weighted by Gasteiger charge is -2.21. The van der Waals surface area contributed by atoms with Crippen LogP contribution < -0.4 is 9.46 Å². The van der Waals surface area contributed by atoms with Crippen LogP contribution in [0.5, 0.6) is 5.75 Å². The first-order chi connectivity index (χ1) is 15.5. The first kappa shape index (κ1) is 21.3. The normalized spacial score (nSPS) is 24.1. The Morgan fingerprint density at radius 3 is 3.00 bits per heavy atom. The fourth-order valence-corrected chi connectivity index (χ4v) is 5.28. The Balaban J connectivity index is 1.33. The fourth-order valence-electron chi connectivity index (χ4n) is 4.51. The van der Waals surface area contributed by atoms with E-state index < -0.39 is 5.97 Å². The van der Waals surface area contributed by atoms with E-state index in [-0.39, 0.29) is 17.5 Å². The minimum absolute atomic E-state index is 0.146. The smallest absolute Gasteiger partial charge is 0.341 e. The summed E-state index contributed by atoms with van der Waals surface area (Å²) in [7, 11) is 0. The number of carbonyl (C=O) groups is 1. The molecule has 2 fully saturated rings. The third-order valence-corrected chi connectivity index (χ3v) is 7.23. The molecule has 8 heteroatoms. The van der Waals surface area contributed by atoms with E-state index in [0.29, 0.717) is 48.5 Å².